The van der Waals surface area contributed by atoms with Gasteiger partial charge in [-0.1, -0.05) is 200 Å². The number of hydrogen-bond donors (Lipinski definition) is 0. The van der Waals surface area contributed by atoms with Gasteiger partial charge in [-0.05, 0) is 123 Å². The Morgan fingerprint density at radius 3 is 1.39 bits per heavy atom. The molecule has 0 atom stereocenters. The lowest BCUT2D eigenvalue weighted by molar-refractivity contribution is 0.794. The maximum atomic E-state index is 5.36. The van der Waals surface area contributed by atoms with Gasteiger partial charge in [0.15, 0.2) is 0 Å². The lowest BCUT2D eigenvalue weighted by Crippen LogP contribution is -2.25. The van der Waals surface area contributed by atoms with Gasteiger partial charge in [0, 0.05) is 11.1 Å². The van der Waals surface area contributed by atoms with Crippen LogP contribution in [0, 0.1) is 0 Å². The van der Waals surface area contributed by atoms with Gasteiger partial charge in [-0.25, -0.2) is 4.98 Å². The lowest BCUT2D eigenvalue weighted by Gasteiger charge is -2.30. The van der Waals surface area contributed by atoms with Gasteiger partial charge in [0.2, 0.25) is 0 Å². The number of aromatic nitrogens is 1. The number of pyridine rings is 1. The molecule has 0 aliphatic heterocycles. The fourth-order valence-electron chi connectivity index (χ4n) is 10.9. The molecule has 61 heavy (non-hydrogen) atoms. The molecule has 2 aliphatic carbocycles. The van der Waals surface area contributed by atoms with Gasteiger partial charge in [0.25, 0.3) is 0 Å². The summed E-state index contributed by atoms with van der Waals surface area (Å²) in [4.78, 5) is 5.36. The van der Waals surface area contributed by atoms with E-state index in [-0.39, 0.29) is 5.41 Å². The van der Waals surface area contributed by atoms with Gasteiger partial charge < -0.3 is 0 Å². The second-order valence-electron chi connectivity index (χ2n) is 16.5. The molecular weight excluding hydrogens is 735 g/mol. The number of hydrogen-bond acceptors (Lipinski definition) is 1. The fourth-order valence-corrected chi connectivity index (χ4v) is 10.9. The van der Waals surface area contributed by atoms with E-state index in [0.29, 0.717) is 0 Å². The summed E-state index contributed by atoms with van der Waals surface area (Å²) in [6, 6.07) is 82.8. The third kappa shape index (κ3) is 4.86. The van der Waals surface area contributed by atoms with Gasteiger partial charge in [-0.3, -0.25) is 0 Å². The summed E-state index contributed by atoms with van der Waals surface area (Å²) in [6.45, 7) is 0. The minimum absolute atomic E-state index is 0.367. The zero-order chi connectivity index (χ0) is 40.1. The van der Waals surface area contributed by atoms with Crippen molar-refractivity contribution in [3.05, 3.63) is 247 Å². The number of benzene rings is 10. The fraction of sp³-hybridized carbons (Fsp3) is 0.0167. The molecular formula is C60H37N. The molecule has 0 amide bonds. The molecule has 0 saturated carbocycles. The highest BCUT2D eigenvalue weighted by Crippen LogP contribution is 2.63. The van der Waals surface area contributed by atoms with E-state index in [0.717, 1.165) is 28.1 Å². The molecule has 0 N–H and O–H groups in total. The van der Waals surface area contributed by atoms with E-state index in [4.69, 9.17) is 4.98 Å². The molecule has 0 saturated heterocycles. The Labute approximate surface area is 354 Å². The molecule has 0 radical (unpaired) electrons. The van der Waals surface area contributed by atoms with Crippen molar-refractivity contribution in [1.29, 1.82) is 0 Å². The number of rotatable bonds is 4. The van der Waals surface area contributed by atoms with Crippen LogP contribution in [0.3, 0.4) is 0 Å². The van der Waals surface area contributed by atoms with Crippen LogP contribution in [0.1, 0.15) is 22.3 Å². The molecule has 0 bridgehead atoms. The standard InChI is InChI=1S/C60H37N/c1-3-16-38(17-4-1)42-36-57(39-18-5-2-6-19-39)61-58(37-42)41-30-32-46-44-20-7-8-21-45(44)50-26-15-25-43(59(50)52(46)35-41)40-31-33-56-51(34-40)49-24-11-14-29-55(49)60(56)53-27-12-9-22-47(53)48-23-10-13-28-54(48)60/h1-37H. The van der Waals surface area contributed by atoms with E-state index >= 15 is 0 Å². The Kier molecular flexibility index (Phi) is 7.29. The molecule has 0 fully saturated rings. The molecule has 10 aromatic carbocycles. The van der Waals surface area contributed by atoms with E-state index in [9.17, 15) is 0 Å². The Morgan fingerprint density at radius 2 is 0.721 bits per heavy atom. The van der Waals surface area contributed by atoms with E-state index in [1.54, 1.807) is 0 Å². The first kappa shape index (κ1) is 34.0. The second-order valence-corrected chi connectivity index (χ2v) is 16.5. The van der Waals surface area contributed by atoms with E-state index < -0.39 is 0 Å². The van der Waals surface area contributed by atoms with Crippen molar-refractivity contribution in [3.8, 4) is 67.0 Å². The molecule has 0 unspecified atom stereocenters. The largest absolute Gasteiger partial charge is 0.248 e. The first-order valence-electron chi connectivity index (χ1n) is 21.2. The summed E-state index contributed by atoms with van der Waals surface area (Å²) >= 11 is 0. The van der Waals surface area contributed by atoms with Crippen LogP contribution in [0.2, 0.25) is 0 Å². The summed E-state index contributed by atoms with van der Waals surface area (Å²) in [6.07, 6.45) is 0. The highest BCUT2D eigenvalue weighted by molar-refractivity contribution is 6.29. The van der Waals surface area contributed by atoms with E-state index in [1.165, 1.54) is 93.5 Å². The third-order valence-electron chi connectivity index (χ3n) is 13.5. The van der Waals surface area contributed by atoms with Crippen LogP contribution in [0.5, 0.6) is 0 Å². The zero-order valence-electron chi connectivity index (χ0n) is 33.3. The molecule has 282 valence electrons. The van der Waals surface area contributed by atoms with Crippen molar-refractivity contribution in [3.63, 3.8) is 0 Å². The van der Waals surface area contributed by atoms with Crippen LogP contribution < -0.4 is 0 Å². The zero-order valence-corrected chi connectivity index (χ0v) is 33.3. The lowest BCUT2D eigenvalue weighted by atomic mass is 9.70. The van der Waals surface area contributed by atoms with Gasteiger partial charge in [0.1, 0.15) is 0 Å². The molecule has 13 rings (SSSR count). The Morgan fingerprint density at radius 1 is 0.246 bits per heavy atom. The molecule has 1 aromatic heterocycles. The predicted octanol–water partition coefficient (Wildman–Crippen LogP) is 15.6. The predicted molar refractivity (Wildman–Crippen MR) is 255 cm³/mol. The average molecular weight is 772 g/mol. The quantitative estimate of drug-likeness (QED) is 0.162. The molecule has 1 heteroatoms. The highest BCUT2D eigenvalue weighted by atomic mass is 14.7. The van der Waals surface area contributed by atoms with E-state index in [1.807, 2.05) is 0 Å². The summed E-state index contributed by atoms with van der Waals surface area (Å²) in [5.41, 5.74) is 19.2. The highest BCUT2D eigenvalue weighted by Gasteiger charge is 2.51. The normalized spacial score (nSPS) is 13.0. The monoisotopic (exact) mass is 771 g/mol. The minimum Gasteiger partial charge on any atom is -0.248 e. The van der Waals surface area contributed by atoms with Crippen LogP contribution in [0.25, 0.3) is 99.3 Å². The maximum Gasteiger partial charge on any atom is 0.0725 e. The second kappa shape index (κ2) is 13.1. The topological polar surface area (TPSA) is 12.9 Å². The van der Waals surface area contributed by atoms with Crippen LogP contribution in [0.15, 0.2) is 224 Å². The SMILES string of the molecule is c1ccc(-c2cc(-c3ccccc3)nc(-c3ccc4c5ccccc5c5cccc(-c6ccc7c(c6)-c6ccccc6C76c7ccccc7-c7ccccc76)c5c4c3)c2)cc1. The van der Waals surface area contributed by atoms with Gasteiger partial charge in [-0.2, -0.15) is 0 Å². The van der Waals surface area contributed by atoms with Gasteiger partial charge in [-0.15, -0.1) is 0 Å². The van der Waals surface area contributed by atoms with Gasteiger partial charge in [0.05, 0.1) is 16.8 Å². The molecule has 1 spiro atoms. The summed E-state index contributed by atoms with van der Waals surface area (Å²) in [5, 5.41) is 7.51. The first-order valence-corrected chi connectivity index (χ1v) is 21.2. The van der Waals surface area contributed by atoms with Crippen LogP contribution in [-0.2, 0) is 5.41 Å². The first-order chi connectivity index (χ1) is 30.3. The van der Waals surface area contributed by atoms with Gasteiger partial charge >= 0.3 is 0 Å². The van der Waals surface area contributed by atoms with Crippen molar-refractivity contribution >= 4 is 32.3 Å². The molecule has 1 nitrogen and oxygen atoms in total. The summed E-state index contributed by atoms with van der Waals surface area (Å²) in [5.74, 6) is 0. The van der Waals surface area contributed by atoms with Crippen molar-refractivity contribution in [2.45, 2.75) is 5.41 Å². The smallest absolute Gasteiger partial charge is 0.0725 e. The Hall–Kier alpha value is -7.87. The molecule has 11 aromatic rings. The third-order valence-corrected chi connectivity index (χ3v) is 13.5. The summed E-state index contributed by atoms with van der Waals surface area (Å²) < 4.78 is 0. The Bertz CT molecular complexity index is 3480. The number of fused-ring (bicyclic) bond motifs is 16. The van der Waals surface area contributed by atoms with Crippen molar-refractivity contribution in [1.82, 2.24) is 4.98 Å². The maximum absolute atomic E-state index is 5.36. The van der Waals surface area contributed by atoms with Crippen molar-refractivity contribution < 1.29 is 0 Å². The number of nitrogens with zero attached hydrogens (tertiary/aromatic N) is 1. The average Bonchev–Trinajstić information content (AvgIpc) is 3.81. The Balaban J connectivity index is 1.06. The van der Waals surface area contributed by atoms with Crippen LogP contribution in [-0.4, -0.2) is 4.98 Å². The van der Waals surface area contributed by atoms with E-state index in [2.05, 4.69) is 224 Å². The van der Waals surface area contributed by atoms with Crippen LogP contribution in [0.4, 0.5) is 0 Å². The van der Waals surface area contributed by atoms with Crippen molar-refractivity contribution in [2.24, 2.45) is 0 Å². The summed E-state index contributed by atoms with van der Waals surface area (Å²) in [7, 11) is 0. The van der Waals surface area contributed by atoms with Crippen LogP contribution >= 0.6 is 0 Å². The minimum atomic E-state index is -0.367. The van der Waals surface area contributed by atoms with Crippen molar-refractivity contribution in [2.75, 3.05) is 0 Å². The molecule has 1 heterocycles. The molecule has 2 aliphatic rings.